The van der Waals surface area contributed by atoms with Gasteiger partial charge < -0.3 is 15.1 Å². The van der Waals surface area contributed by atoms with Crippen molar-refractivity contribution in [3.8, 4) is 10.6 Å². The highest BCUT2D eigenvalue weighted by Gasteiger charge is 2.22. The Labute approximate surface area is 182 Å². The number of piperazine rings is 1. The molecule has 29 heavy (non-hydrogen) atoms. The van der Waals surface area contributed by atoms with Gasteiger partial charge in [-0.2, -0.15) is 0 Å². The Morgan fingerprint density at radius 3 is 2.45 bits per heavy atom. The van der Waals surface area contributed by atoms with Crippen molar-refractivity contribution >= 4 is 52.3 Å². The molecular weight excluding hydrogens is 435 g/mol. The van der Waals surface area contributed by atoms with Gasteiger partial charge in [0.05, 0.1) is 10.0 Å². The van der Waals surface area contributed by atoms with Crippen molar-refractivity contribution in [2.45, 2.75) is 13.3 Å². The van der Waals surface area contributed by atoms with Gasteiger partial charge in [-0.05, 0) is 12.1 Å². The molecule has 1 N–H and O–H groups in total. The van der Waals surface area contributed by atoms with E-state index in [0.29, 0.717) is 46.9 Å². The van der Waals surface area contributed by atoms with Crippen LogP contribution >= 0.6 is 34.5 Å². The molecule has 0 aliphatic carbocycles. The molecule has 0 radical (unpaired) electrons. The van der Waals surface area contributed by atoms with E-state index >= 15 is 0 Å². The molecule has 0 spiro atoms. The van der Waals surface area contributed by atoms with E-state index in [0.717, 1.165) is 5.56 Å². The van der Waals surface area contributed by atoms with Gasteiger partial charge in [-0.25, -0.2) is 4.98 Å². The smallest absolute Gasteiger partial charge is 0.270 e. The van der Waals surface area contributed by atoms with Gasteiger partial charge >= 0.3 is 0 Å². The van der Waals surface area contributed by atoms with Crippen LogP contribution in [0.1, 0.15) is 23.8 Å². The molecule has 3 amide bonds. The molecular formula is C19H20Cl2N4O3S. The molecule has 1 aromatic heterocycles. The average Bonchev–Trinajstić information content (AvgIpc) is 3.20. The Hall–Kier alpha value is -2.16. The molecule has 1 aromatic carbocycles. The summed E-state index contributed by atoms with van der Waals surface area (Å²) in [4.78, 5) is 43.7. The first-order chi connectivity index (χ1) is 13.8. The fraction of sp³-hybridized carbons (Fsp3) is 0.368. The summed E-state index contributed by atoms with van der Waals surface area (Å²) in [5.74, 6) is -0.349. The SMILES string of the molecule is CC(=O)N1CCN(C(=O)CCNC(=O)c2csc(-c3ccc(Cl)c(Cl)c3)n2)CC1. The van der Waals surface area contributed by atoms with E-state index in [1.54, 1.807) is 33.4 Å². The van der Waals surface area contributed by atoms with Crippen LogP contribution in [0.2, 0.25) is 10.0 Å². The Balaban J connectivity index is 1.48. The van der Waals surface area contributed by atoms with E-state index in [9.17, 15) is 14.4 Å². The number of nitrogens with one attached hydrogen (secondary N) is 1. The second kappa shape index (κ2) is 9.56. The van der Waals surface area contributed by atoms with Gasteiger partial charge in [-0.15, -0.1) is 11.3 Å². The van der Waals surface area contributed by atoms with Gasteiger partial charge in [0.2, 0.25) is 11.8 Å². The molecule has 0 unspecified atom stereocenters. The largest absolute Gasteiger partial charge is 0.350 e. The first-order valence-electron chi connectivity index (χ1n) is 9.07. The van der Waals surface area contributed by atoms with Crippen LogP contribution in [0.3, 0.4) is 0 Å². The number of amides is 3. The maximum Gasteiger partial charge on any atom is 0.270 e. The molecule has 154 valence electrons. The van der Waals surface area contributed by atoms with E-state index in [1.807, 2.05) is 0 Å². The number of thiazole rings is 1. The molecule has 2 heterocycles. The predicted molar refractivity (Wildman–Crippen MR) is 113 cm³/mol. The molecule has 1 fully saturated rings. The number of aromatic nitrogens is 1. The summed E-state index contributed by atoms with van der Waals surface area (Å²) in [5.41, 5.74) is 1.07. The molecule has 1 aliphatic rings. The molecule has 7 nitrogen and oxygen atoms in total. The molecule has 10 heteroatoms. The first-order valence-corrected chi connectivity index (χ1v) is 10.7. The van der Waals surface area contributed by atoms with Crippen molar-refractivity contribution in [2.75, 3.05) is 32.7 Å². The molecule has 0 atom stereocenters. The van der Waals surface area contributed by atoms with Gasteiger partial charge in [0.1, 0.15) is 10.7 Å². The van der Waals surface area contributed by atoms with Crippen molar-refractivity contribution in [2.24, 2.45) is 0 Å². The minimum Gasteiger partial charge on any atom is -0.350 e. The highest BCUT2D eigenvalue weighted by Crippen LogP contribution is 2.30. The standard InChI is InChI=1S/C19H20Cl2N4O3S/c1-12(26)24-6-8-25(9-7-24)17(27)4-5-22-18(28)16-11-29-19(23-16)13-2-3-14(20)15(21)10-13/h2-3,10-11H,4-9H2,1H3,(H,22,28). The number of benzene rings is 1. The molecule has 0 saturated carbocycles. The topological polar surface area (TPSA) is 82.6 Å². The van der Waals surface area contributed by atoms with Crippen molar-refractivity contribution in [1.29, 1.82) is 0 Å². The fourth-order valence-corrected chi connectivity index (χ4v) is 4.04. The average molecular weight is 455 g/mol. The quantitative estimate of drug-likeness (QED) is 0.752. The maximum atomic E-state index is 12.3. The van der Waals surface area contributed by atoms with Crippen molar-refractivity contribution in [3.63, 3.8) is 0 Å². The number of carbonyl (C=O) groups excluding carboxylic acids is 3. The lowest BCUT2D eigenvalue weighted by molar-refractivity contribution is -0.138. The molecule has 3 rings (SSSR count). The molecule has 0 bridgehead atoms. The molecule has 1 saturated heterocycles. The van der Waals surface area contributed by atoms with E-state index in [1.165, 1.54) is 18.3 Å². The van der Waals surface area contributed by atoms with Crippen LogP contribution in [0.4, 0.5) is 0 Å². The highest BCUT2D eigenvalue weighted by molar-refractivity contribution is 7.13. The van der Waals surface area contributed by atoms with Crippen LogP contribution in [0.5, 0.6) is 0 Å². The second-order valence-corrected chi connectivity index (χ2v) is 8.23. The predicted octanol–water partition coefficient (Wildman–Crippen LogP) is 2.93. The fourth-order valence-electron chi connectivity index (χ4n) is 2.94. The summed E-state index contributed by atoms with van der Waals surface area (Å²) in [6, 6.07) is 5.18. The van der Waals surface area contributed by atoms with Crippen molar-refractivity contribution < 1.29 is 14.4 Å². The minimum atomic E-state index is -0.332. The summed E-state index contributed by atoms with van der Waals surface area (Å²) in [7, 11) is 0. The van der Waals surface area contributed by atoms with Crippen LogP contribution in [0.25, 0.3) is 10.6 Å². The number of nitrogens with zero attached hydrogens (tertiary/aromatic N) is 3. The maximum absolute atomic E-state index is 12.3. The van der Waals surface area contributed by atoms with Crippen LogP contribution in [-0.2, 0) is 9.59 Å². The van der Waals surface area contributed by atoms with Crippen LogP contribution in [-0.4, -0.2) is 65.2 Å². The zero-order chi connectivity index (χ0) is 21.0. The third-order valence-electron chi connectivity index (χ3n) is 4.61. The Kier molecular flexibility index (Phi) is 7.10. The van der Waals surface area contributed by atoms with E-state index in [4.69, 9.17) is 23.2 Å². The minimum absolute atomic E-state index is 0.0212. The number of hydrogen-bond donors (Lipinski definition) is 1. The van der Waals surface area contributed by atoms with E-state index in [-0.39, 0.29) is 30.7 Å². The lowest BCUT2D eigenvalue weighted by Gasteiger charge is -2.34. The summed E-state index contributed by atoms with van der Waals surface area (Å²) >= 11 is 13.3. The van der Waals surface area contributed by atoms with Gasteiger partial charge in [-0.3, -0.25) is 14.4 Å². The van der Waals surface area contributed by atoms with E-state index < -0.39 is 0 Å². The van der Waals surface area contributed by atoms with Crippen LogP contribution in [0, 0.1) is 0 Å². The lowest BCUT2D eigenvalue weighted by Crippen LogP contribution is -2.50. The summed E-state index contributed by atoms with van der Waals surface area (Å²) in [6.07, 6.45) is 0.204. The van der Waals surface area contributed by atoms with Crippen LogP contribution < -0.4 is 5.32 Å². The van der Waals surface area contributed by atoms with E-state index in [2.05, 4.69) is 10.3 Å². The molecule has 1 aliphatic heterocycles. The number of hydrogen-bond acceptors (Lipinski definition) is 5. The monoisotopic (exact) mass is 454 g/mol. The van der Waals surface area contributed by atoms with Crippen molar-refractivity contribution in [3.05, 3.63) is 39.3 Å². The Morgan fingerprint density at radius 2 is 1.79 bits per heavy atom. The van der Waals surface area contributed by atoms with Gasteiger partial charge in [-0.1, -0.05) is 29.3 Å². The van der Waals surface area contributed by atoms with Gasteiger partial charge in [0, 0.05) is 57.0 Å². The number of rotatable bonds is 5. The third-order valence-corrected chi connectivity index (χ3v) is 6.24. The zero-order valence-electron chi connectivity index (χ0n) is 15.8. The van der Waals surface area contributed by atoms with Gasteiger partial charge in [0.25, 0.3) is 5.91 Å². The molecule has 2 aromatic rings. The summed E-state index contributed by atoms with van der Waals surface area (Å²) in [6.45, 7) is 3.88. The number of carbonyl (C=O) groups is 3. The number of halogens is 2. The third kappa shape index (κ3) is 5.46. The Bertz CT molecular complexity index is 926. The van der Waals surface area contributed by atoms with Crippen LogP contribution in [0.15, 0.2) is 23.6 Å². The highest BCUT2D eigenvalue weighted by atomic mass is 35.5. The second-order valence-electron chi connectivity index (χ2n) is 6.56. The Morgan fingerprint density at radius 1 is 1.10 bits per heavy atom. The zero-order valence-corrected chi connectivity index (χ0v) is 18.1. The lowest BCUT2D eigenvalue weighted by atomic mass is 10.2. The summed E-state index contributed by atoms with van der Waals surface area (Å²) < 4.78 is 0. The van der Waals surface area contributed by atoms with Gasteiger partial charge in [0.15, 0.2) is 0 Å². The first kappa shape index (κ1) is 21.5. The van der Waals surface area contributed by atoms with Crippen molar-refractivity contribution in [1.82, 2.24) is 20.1 Å². The normalized spacial score (nSPS) is 14.0. The summed E-state index contributed by atoms with van der Waals surface area (Å²) in [5, 5.41) is 5.93.